The second-order valence-corrected chi connectivity index (χ2v) is 5.69. The number of anilines is 1. The Bertz CT molecular complexity index is 522. The molecular weight excluding hydrogens is 254 g/mol. The van der Waals surface area contributed by atoms with Crippen molar-refractivity contribution in [1.82, 2.24) is 4.90 Å². The summed E-state index contributed by atoms with van der Waals surface area (Å²) in [4.78, 5) is 25.6. The van der Waals surface area contributed by atoms with Crippen molar-refractivity contribution in [2.75, 3.05) is 19.4 Å². The van der Waals surface area contributed by atoms with E-state index in [2.05, 4.69) is 5.32 Å². The number of hydrogen-bond acceptors (Lipinski definition) is 3. The van der Waals surface area contributed by atoms with Gasteiger partial charge in [-0.2, -0.15) is 0 Å². The van der Waals surface area contributed by atoms with Gasteiger partial charge in [-0.3, -0.25) is 9.59 Å². The third kappa shape index (κ3) is 3.17. The lowest BCUT2D eigenvalue weighted by molar-refractivity contribution is -0.118. The average Bonchev–Trinajstić information content (AvgIpc) is 2.36. The molecule has 0 heterocycles. The number of amides is 2. The Hall–Kier alpha value is -1.88. The highest BCUT2D eigenvalue weighted by atomic mass is 16.2. The first-order chi connectivity index (χ1) is 9.41. The minimum Gasteiger partial charge on any atom is -0.345 e. The first-order valence-electron chi connectivity index (χ1n) is 6.81. The predicted octanol–water partition coefficient (Wildman–Crippen LogP) is 1.60. The molecule has 0 saturated heterocycles. The van der Waals surface area contributed by atoms with Crippen LogP contribution in [0.2, 0.25) is 0 Å². The van der Waals surface area contributed by atoms with E-state index in [1.54, 1.807) is 38.4 Å². The molecule has 0 aromatic heterocycles. The van der Waals surface area contributed by atoms with Crippen molar-refractivity contribution in [2.45, 2.75) is 31.2 Å². The Morgan fingerprint density at radius 1 is 1.30 bits per heavy atom. The smallest absolute Gasteiger partial charge is 0.255 e. The predicted molar refractivity (Wildman–Crippen MR) is 78.5 cm³/mol. The van der Waals surface area contributed by atoms with Crippen LogP contribution in [0, 0.1) is 0 Å². The Labute approximate surface area is 119 Å². The molecule has 5 heteroatoms. The number of benzene rings is 1. The molecule has 1 saturated carbocycles. The summed E-state index contributed by atoms with van der Waals surface area (Å²) in [6, 6.07) is 7.02. The van der Waals surface area contributed by atoms with Crippen molar-refractivity contribution in [2.24, 2.45) is 5.73 Å². The molecule has 0 aliphatic heterocycles. The minimum atomic E-state index is -0.357. The summed E-state index contributed by atoms with van der Waals surface area (Å²) in [7, 11) is 3.37. The van der Waals surface area contributed by atoms with Crippen molar-refractivity contribution < 1.29 is 9.59 Å². The van der Waals surface area contributed by atoms with E-state index in [-0.39, 0.29) is 17.4 Å². The molecule has 0 radical (unpaired) electrons. The van der Waals surface area contributed by atoms with Gasteiger partial charge in [0, 0.05) is 26.1 Å². The van der Waals surface area contributed by atoms with Crippen molar-refractivity contribution in [3.63, 3.8) is 0 Å². The summed E-state index contributed by atoms with van der Waals surface area (Å²) >= 11 is 0. The third-order valence-electron chi connectivity index (χ3n) is 3.70. The van der Waals surface area contributed by atoms with Gasteiger partial charge in [0.25, 0.3) is 5.91 Å². The third-order valence-corrected chi connectivity index (χ3v) is 3.70. The fourth-order valence-corrected chi connectivity index (χ4v) is 2.34. The molecule has 20 heavy (non-hydrogen) atoms. The molecule has 0 spiro atoms. The Balaban J connectivity index is 2.09. The molecular formula is C15H21N3O2. The average molecular weight is 275 g/mol. The lowest BCUT2D eigenvalue weighted by atomic mass is 9.75. The van der Waals surface area contributed by atoms with Gasteiger partial charge in [0.2, 0.25) is 5.91 Å². The van der Waals surface area contributed by atoms with Crippen LogP contribution in [0.5, 0.6) is 0 Å². The van der Waals surface area contributed by atoms with Crippen molar-refractivity contribution >= 4 is 17.5 Å². The van der Waals surface area contributed by atoms with Crippen LogP contribution in [0.1, 0.15) is 36.0 Å². The topological polar surface area (TPSA) is 75.4 Å². The van der Waals surface area contributed by atoms with Crippen LogP contribution in [-0.2, 0) is 4.79 Å². The number of hydrogen-bond donors (Lipinski definition) is 2. The monoisotopic (exact) mass is 275 g/mol. The van der Waals surface area contributed by atoms with Crippen LogP contribution in [0.25, 0.3) is 0 Å². The van der Waals surface area contributed by atoms with E-state index in [9.17, 15) is 9.59 Å². The number of rotatable bonds is 4. The van der Waals surface area contributed by atoms with Gasteiger partial charge in [-0.25, -0.2) is 0 Å². The molecule has 3 N–H and O–H groups in total. The van der Waals surface area contributed by atoms with Crippen LogP contribution in [-0.4, -0.2) is 36.3 Å². The molecule has 108 valence electrons. The van der Waals surface area contributed by atoms with Crippen LogP contribution in [0.15, 0.2) is 24.3 Å². The summed E-state index contributed by atoms with van der Waals surface area (Å²) < 4.78 is 0. The fraction of sp³-hybridized carbons (Fsp3) is 0.467. The van der Waals surface area contributed by atoms with Crippen LogP contribution in [0.4, 0.5) is 5.69 Å². The number of carbonyl (C=O) groups excluding carboxylic acids is 2. The van der Waals surface area contributed by atoms with Gasteiger partial charge in [-0.05, 0) is 31.4 Å². The van der Waals surface area contributed by atoms with Gasteiger partial charge in [0.05, 0.1) is 11.3 Å². The highest BCUT2D eigenvalue weighted by Crippen LogP contribution is 2.32. The standard InChI is InChI=1S/C15H21N3O2/c1-18(2)14(20)11-6-3-4-7-12(11)17-13(19)10-15(16)8-5-9-15/h3-4,6-7H,5,8-10,16H2,1-2H3,(H,17,19). The largest absolute Gasteiger partial charge is 0.345 e. The van der Waals surface area contributed by atoms with Crippen LogP contribution in [0.3, 0.4) is 0 Å². The Morgan fingerprint density at radius 2 is 1.95 bits per heavy atom. The van der Waals surface area contributed by atoms with Gasteiger partial charge >= 0.3 is 0 Å². The Morgan fingerprint density at radius 3 is 2.50 bits per heavy atom. The first-order valence-corrected chi connectivity index (χ1v) is 6.81. The molecule has 0 atom stereocenters. The fourth-order valence-electron chi connectivity index (χ4n) is 2.34. The maximum atomic E-state index is 12.0. The molecule has 1 aromatic carbocycles. The second kappa shape index (κ2) is 5.63. The summed E-state index contributed by atoms with van der Waals surface area (Å²) in [5.41, 5.74) is 6.74. The highest BCUT2D eigenvalue weighted by Gasteiger charge is 2.34. The Kier molecular flexibility index (Phi) is 4.09. The maximum absolute atomic E-state index is 12.0. The molecule has 0 unspecified atom stereocenters. The SMILES string of the molecule is CN(C)C(=O)c1ccccc1NC(=O)CC1(N)CCC1. The molecule has 1 fully saturated rings. The second-order valence-electron chi connectivity index (χ2n) is 5.69. The number of nitrogens with zero attached hydrogens (tertiary/aromatic N) is 1. The molecule has 1 aromatic rings. The zero-order chi connectivity index (χ0) is 14.8. The summed E-state index contributed by atoms with van der Waals surface area (Å²) in [6.07, 6.45) is 3.16. The summed E-state index contributed by atoms with van der Waals surface area (Å²) in [5, 5.41) is 2.80. The number of para-hydroxylation sites is 1. The van der Waals surface area contributed by atoms with Crippen molar-refractivity contribution in [3.8, 4) is 0 Å². The highest BCUT2D eigenvalue weighted by molar-refractivity contribution is 6.03. The summed E-state index contributed by atoms with van der Waals surface area (Å²) in [6.45, 7) is 0. The molecule has 0 bridgehead atoms. The lowest BCUT2D eigenvalue weighted by Gasteiger charge is -2.37. The van der Waals surface area contributed by atoms with E-state index in [4.69, 9.17) is 5.73 Å². The van der Waals surface area contributed by atoms with Crippen molar-refractivity contribution in [3.05, 3.63) is 29.8 Å². The van der Waals surface area contributed by atoms with Gasteiger partial charge in [0.15, 0.2) is 0 Å². The number of nitrogens with two attached hydrogens (primary N) is 1. The summed E-state index contributed by atoms with van der Waals surface area (Å²) in [5.74, 6) is -0.266. The van der Waals surface area contributed by atoms with Gasteiger partial charge in [-0.15, -0.1) is 0 Å². The van der Waals surface area contributed by atoms with Gasteiger partial charge in [-0.1, -0.05) is 12.1 Å². The van der Waals surface area contributed by atoms with Gasteiger partial charge < -0.3 is 16.0 Å². The first kappa shape index (κ1) is 14.5. The lowest BCUT2D eigenvalue weighted by Crippen LogP contribution is -2.49. The minimum absolute atomic E-state index is 0.132. The molecule has 2 amide bonds. The van der Waals surface area contributed by atoms with E-state index in [1.807, 2.05) is 0 Å². The number of nitrogens with one attached hydrogen (secondary N) is 1. The normalized spacial score (nSPS) is 16.1. The molecule has 2 rings (SSSR count). The van der Waals surface area contributed by atoms with E-state index >= 15 is 0 Å². The zero-order valence-corrected chi connectivity index (χ0v) is 12.0. The van der Waals surface area contributed by atoms with E-state index in [0.29, 0.717) is 17.7 Å². The van der Waals surface area contributed by atoms with Crippen molar-refractivity contribution in [1.29, 1.82) is 0 Å². The van der Waals surface area contributed by atoms with E-state index < -0.39 is 0 Å². The van der Waals surface area contributed by atoms with E-state index in [0.717, 1.165) is 19.3 Å². The van der Waals surface area contributed by atoms with Gasteiger partial charge in [0.1, 0.15) is 0 Å². The number of carbonyl (C=O) groups is 2. The molecule has 1 aliphatic carbocycles. The zero-order valence-electron chi connectivity index (χ0n) is 12.0. The van der Waals surface area contributed by atoms with Crippen LogP contribution < -0.4 is 11.1 Å². The molecule has 1 aliphatic rings. The van der Waals surface area contributed by atoms with E-state index in [1.165, 1.54) is 4.90 Å². The molecule has 5 nitrogen and oxygen atoms in total. The quantitative estimate of drug-likeness (QED) is 0.876. The van der Waals surface area contributed by atoms with Crippen LogP contribution >= 0.6 is 0 Å². The maximum Gasteiger partial charge on any atom is 0.255 e.